The van der Waals surface area contributed by atoms with Crippen LogP contribution in [-0.4, -0.2) is 32.6 Å². The number of fused-ring (bicyclic) bond motifs is 2. The summed E-state index contributed by atoms with van der Waals surface area (Å²) in [6.45, 7) is 8.89. The first-order valence-corrected chi connectivity index (χ1v) is 9.59. The largest absolute Gasteiger partial charge is 0.393 e. The van der Waals surface area contributed by atoms with Crippen LogP contribution in [0.15, 0.2) is 0 Å². The molecular weight excluding hydrogens is 288 g/mol. The number of aliphatic hydroxyl groups excluding tert-OH is 1. The fraction of sp³-hybridized carbons (Fsp3) is 1.00. The van der Waals surface area contributed by atoms with Crippen molar-refractivity contribution in [1.82, 2.24) is 0 Å². The highest BCUT2D eigenvalue weighted by atomic mass is 16.4. The molecule has 0 radical (unpaired) electrons. The van der Waals surface area contributed by atoms with E-state index >= 15 is 0 Å². The van der Waals surface area contributed by atoms with Crippen LogP contribution in [0.3, 0.4) is 0 Å². The minimum atomic E-state index is -0.954. The van der Waals surface area contributed by atoms with Gasteiger partial charge in [0, 0.05) is 0 Å². The summed E-state index contributed by atoms with van der Waals surface area (Å²) in [7, 11) is 0. The van der Waals surface area contributed by atoms with Gasteiger partial charge in [-0.2, -0.15) is 0 Å². The third kappa shape index (κ3) is 1.82. The van der Waals surface area contributed by atoms with Gasteiger partial charge in [-0.1, -0.05) is 20.8 Å². The zero-order valence-corrected chi connectivity index (χ0v) is 15.2. The second kappa shape index (κ2) is 4.34. The highest BCUT2D eigenvalue weighted by molar-refractivity contribution is 5.23. The van der Waals surface area contributed by atoms with Gasteiger partial charge in [-0.15, -0.1) is 0 Å². The molecule has 0 heterocycles. The molecule has 7 atom stereocenters. The molecule has 4 rings (SSSR count). The van der Waals surface area contributed by atoms with Crippen LogP contribution in [0.4, 0.5) is 0 Å². The monoisotopic (exact) mass is 322 g/mol. The Morgan fingerprint density at radius 1 is 0.870 bits per heavy atom. The van der Waals surface area contributed by atoms with Crippen molar-refractivity contribution in [3.8, 4) is 0 Å². The van der Waals surface area contributed by atoms with Crippen molar-refractivity contribution in [2.24, 2.45) is 28.1 Å². The molecule has 4 aliphatic rings. The van der Waals surface area contributed by atoms with Crippen molar-refractivity contribution in [2.75, 3.05) is 0 Å². The molecule has 0 aliphatic heterocycles. The van der Waals surface area contributed by atoms with Crippen LogP contribution in [0.5, 0.6) is 0 Å². The molecule has 132 valence electrons. The van der Waals surface area contributed by atoms with E-state index in [4.69, 9.17) is 0 Å². The molecule has 3 heteroatoms. The molecule has 3 nitrogen and oxygen atoms in total. The van der Waals surface area contributed by atoms with E-state index < -0.39 is 11.2 Å². The smallest absolute Gasteiger partial charge is 0.0939 e. The average Bonchev–Trinajstić information content (AvgIpc) is 2.66. The molecule has 23 heavy (non-hydrogen) atoms. The fourth-order valence-corrected chi connectivity index (χ4v) is 8.02. The zero-order valence-electron chi connectivity index (χ0n) is 15.2. The summed E-state index contributed by atoms with van der Waals surface area (Å²) in [5.74, 6) is 1.11. The van der Waals surface area contributed by atoms with Gasteiger partial charge in [-0.25, -0.2) is 0 Å². The van der Waals surface area contributed by atoms with E-state index in [1.165, 1.54) is 12.8 Å². The molecule has 0 aromatic carbocycles. The van der Waals surface area contributed by atoms with E-state index in [2.05, 4.69) is 20.8 Å². The maximum atomic E-state index is 11.3. The van der Waals surface area contributed by atoms with E-state index in [1.807, 2.05) is 6.92 Å². The Morgan fingerprint density at radius 2 is 1.57 bits per heavy atom. The Kier molecular flexibility index (Phi) is 3.09. The standard InChI is InChI=1S/C20H34O3/c1-16(2)10-14(21)11-17(3)15(16)6-5-13-9-20(23)12-19(13,17)8-7-18(20,4)22/h13-15,21-23H,5-12H2,1-4H3/t13-,14-,15-,17-,18-,19+,20+/m0/s1. The molecule has 1 spiro atoms. The normalized spacial score (nSPS) is 60.9. The minimum Gasteiger partial charge on any atom is -0.393 e. The maximum absolute atomic E-state index is 11.3. The van der Waals surface area contributed by atoms with E-state index in [0.717, 1.165) is 32.1 Å². The summed E-state index contributed by atoms with van der Waals surface area (Å²) in [5.41, 5.74) is -1.54. The van der Waals surface area contributed by atoms with E-state index in [-0.39, 0.29) is 22.3 Å². The zero-order chi connectivity index (χ0) is 16.9. The topological polar surface area (TPSA) is 60.7 Å². The van der Waals surface area contributed by atoms with Crippen molar-refractivity contribution in [2.45, 2.75) is 96.4 Å². The Hall–Kier alpha value is -0.120. The lowest BCUT2D eigenvalue weighted by atomic mass is 9.39. The van der Waals surface area contributed by atoms with Gasteiger partial charge in [0.2, 0.25) is 0 Å². The van der Waals surface area contributed by atoms with Crippen molar-refractivity contribution in [1.29, 1.82) is 0 Å². The van der Waals surface area contributed by atoms with Crippen LogP contribution in [-0.2, 0) is 0 Å². The second-order valence-electron chi connectivity index (χ2n) is 10.6. The Labute approximate surface area is 140 Å². The second-order valence-corrected chi connectivity index (χ2v) is 10.6. The summed E-state index contributed by atoms with van der Waals surface area (Å²) in [6, 6.07) is 0. The molecule has 3 N–H and O–H groups in total. The molecule has 4 saturated carbocycles. The highest BCUT2D eigenvalue weighted by Crippen LogP contribution is 2.75. The summed E-state index contributed by atoms with van der Waals surface area (Å²) >= 11 is 0. The van der Waals surface area contributed by atoms with Gasteiger partial charge in [0.1, 0.15) is 0 Å². The van der Waals surface area contributed by atoms with Crippen LogP contribution >= 0.6 is 0 Å². The maximum Gasteiger partial charge on any atom is 0.0939 e. The molecule has 0 aromatic rings. The van der Waals surface area contributed by atoms with Gasteiger partial charge in [0.05, 0.1) is 17.3 Å². The predicted octanol–water partition coefficient (Wildman–Crippen LogP) is 3.26. The fourth-order valence-electron chi connectivity index (χ4n) is 8.02. The summed E-state index contributed by atoms with van der Waals surface area (Å²) in [4.78, 5) is 0. The SMILES string of the molecule is CC1(C)C[C@H](O)C[C@@]2(C)[C@H]1CC[C@H]1C[C@@]3(O)C[C@]12CC[C@]3(C)O. The van der Waals surface area contributed by atoms with Crippen LogP contribution in [0, 0.1) is 28.1 Å². The summed E-state index contributed by atoms with van der Waals surface area (Å²) < 4.78 is 0. The molecule has 0 aromatic heterocycles. The molecule has 0 amide bonds. The first kappa shape index (κ1) is 16.4. The van der Waals surface area contributed by atoms with Crippen molar-refractivity contribution in [3.63, 3.8) is 0 Å². The number of hydrogen-bond donors (Lipinski definition) is 3. The molecule has 0 saturated heterocycles. The molecule has 4 aliphatic carbocycles. The quantitative estimate of drug-likeness (QED) is 0.641. The lowest BCUT2D eigenvalue weighted by molar-refractivity contribution is -0.217. The van der Waals surface area contributed by atoms with E-state index in [9.17, 15) is 15.3 Å². The van der Waals surface area contributed by atoms with Gasteiger partial charge < -0.3 is 15.3 Å². The van der Waals surface area contributed by atoms with Crippen molar-refractivity contribution >= 4 is 0 Å². The summed E-state index contributed by atoms with van der Waals surface area (Å²) in [5, 5.41) is 32.7. The van der Waals surface area contributed by atoms with Gasteiger partial charge in [-0.05, 0) is 86.4 Å². The van der Waals surface area contributed by atoms with Gasteiger partial charge >= 0.3 is 0 Å². The average molecular weight is 322 g/mol. The minimum absolute atomic E-state index is 0.0814. The Morgan fingerprint density at radius 3 is 2.26 bits per heavy atom. The molecule has 2 bridgehead atoms. The van der Waals surface area contributed by atoms with Gasteiger partial charge in [-0.3, -0.25) is 0 Å². The first-order valence-electron chi connectivity index (χ1n) is 9.59. The van der Waals surface area contributed by atoms with Gasteiger partial charge in [0.15, 0.2) is 0 Å². The number of hydrogen-bond acceptors (Lipinski definition) is 3. The third-order valence-corrected chi connectivity index (χ3v) is 9.11. The van der Waals surface area contributed by atoms with Crippen LogP contribution in [0.1, 0.15) is 79.1 Å². The Balaban J connectivity index is 1.81. The number of rotatable bonds is 0. The van der Waals surface area contributed by atoms with E-state index in [0.29, 0.717) is 18.3 Å². The lowest BCUT2D eigenvalue weighted by Gasteiger charge is -2.66. The number of aliphatic hydroxyl groups is 3. The molecular formula is C20H34O3. The Bertz CT molecular complexity index is 527. The first-order chi connectivity index (χ1) is 10.5. The molecule has 4 fully saturated rings. The van der Waals surface area contributed by atoms with Crippen LogP contribution in [0.25, 0.3) is 0 Å². The van der Waals surface area contributed by atoms with Crippen molar-refractivity contribution in [3.05, 3.63) is 0 Å². The third-order valence-electron chi connectivity index (χ3n) is 9.11. The predicted molar refractivity (Wildman–Crippen MR) is 89.8 cm³/mol. The van der Waals surface area contributed by atoms with Crippen molar-refractivity contribution < 1.29 is 15.3 Å². The van der Waals surface area contributed by atoms with Crippen LogP contribution < -0.4 is 0 Å². The van der Waals surface area contributed by atoms with Crippen LogP contribution in [0.2, 0.25) is 0 Å². The lowest BCUT2D eigenvalue weighted by Crippen LogP contribution is -2.62. The molecule has 0 unspecified atom stereocenters. The van der Waals surface area contributed by atoms with Gasteiger partial charge in [0.25, 0.3) is 0 Å². The highest BCUT2D eigenvalue weighted by Gasteiger charge is 2.73. The van der Waals surface area contributed by atoms with E-state index in [1.54, 1.807) is 0 Å². The summed E-state index contributed by atoms with van der Waals surface area (Å²) in [6.07, 6.45) is 7.11.